The number of hydrazine groups is 1. The first-order valence-corrected chi connectivity index (χ1v) is 7.46. The van der Waals surface area contributed by atoms with Gasteiger partial charge in [-0.1, -0.05) is 24.3 Å². The van der Waals surface area contributed by atoms with Gasteiger partial charge in [-0.25, -0.2) is 5.43 Å². The van der Waals surface area contributed by atoms with Crippen LogP contribution in [0.4, 0.5) is 0 Å². The maximum Gasteiger partial charge on any atom is 0.263 e. The van der Waals surface area contributed by atoms with Crippen LogP contribution in [0.3, 0.4) is 0 Å². The van der Waals surface area contributed by atoms with Crippen molar-refractivity contribution in [2.75, 3.05) is 6.61 Å². The Morgan fingerprint density at radius 3 is 2.73 bits per heavy atom. The van der Waals surface area contributed by atoms with Crippen LogP contribution in [0.1, 0.15) is 26.3 Å². The van der Waals surface area contributed by atoms with Crippen molar-refractivity contribution in [1.29, 1.82) is 0 Å². The van der Waals surface area contributed by atoms with Crippen molar-refractivity contribution in [2.45, 2.75) is 26.3 Å². The monoisotopic (exact) mass is 296 g/mol. The van der Waals surface area contributed by atoms with E-state index in [4.69, 9.17) is 4.74 Å². The highest BCUT2D eigenvalue weighted by molar-refractivity contribution is 6.04. The normalized spacial score (nSPS) is 18.7. The van der Waals surface area contributed by atoms with Crippen molar-refractivity contribution >= 4 is 22.8 Å². The Morgan fingerprint density at radius 1 is 1.23 bits per heavy atom. The molecular weight excluding hydrogens is 276 g/mol. The number of hydrogen-bond donors (Lipinski definition) is 2. The zero-order valence-electron chi connectivity index (χ0n) is 13.1. The summed E-state index contributed by atoms with van der Waals surface area (Å²) in [4.78, 5) is 12.0. The lowest BCUT2D eigenvalue weighted by Gasteiger charge is -2.17. The molecule has 1 saturated heterocycles. The van der Waals surface area contributed by atoms with E-state index in [2.05, 4.69) is 16.9 Å². The largest absolute Gasteiger partial charge is 0.494 e. The average Bonchev–Trinajstić information content (AvgIpc) is 2.75. The summed E-state index contributed by atoms with van der Waals surface area (Å²) in [6.45, 7) is 6.56. The average molecular weight is 296 g/mol. The molecule has 0 saturated carbocycles. The molecule has 0 aliphatic carbocycles. The van der Waals surface area contributed by atoms with Gasteiger partial charge >= 0.3 is 0 Å². The molecule has 1 fully saturated rings. The minimum Gasteiger partial charge on any atom is -0.494 e. The Morgan fingerprint density at radius 2 is 2.05 bits per heavy atom. The van der Waals surface area contributed by atoms with E-state index in [0.29, 0.717) is 6.61 Å². The molecule has 0 unspecified atom stereocenters. The van der Waals surface area contributed by atoms with Crippen LogP contribution in [0, 0.1) is 0 Å². The third-order valence-corrected chi connectivity index (χ3v) is 3.90. The van der Waals surface area contributed by atoms with Gasteiger partial charge in [0.2, 0.25) is 0 Å². The predicted octanol–water partition coefficient (Wildman–Crippen LogP) is 3.03. The van der Waals surface area contributed by atoms with Gasteiger partial charge in [-0.15, -0.1) is 0 Å². The lowest BCUT2D eigenvalue weighted by Crippen LogP contribution is -2.38. The number of ether oxygens (including phenoxy) is 1. The topological polar surface area (TPSA) is 50.4 Å². The fourth-order valence-corrected chi connectivity index (χ4v) is 2.69. The quantitative estimate of drug-likeness (QED) is 0.856. The Labute approximate surface area is 130 Å². The molecule has 2 aromatic rings. The van der Waals surface area contributed by atoms with E-state index < -0.39 is 5.54 Å². The number of benzene rings is 2. The summed E-state index contributed by atoms with van der Waals surface area (Å²) >= 11 is 0. The van der Waals surface area contributed by atoms with E-state index in [-0.39, 0.29) is 5.91 Å². The van der Waals surface area contributed by atoms with Gasteiger partial charge in [0, 0.05) is 5.57 Å². The summed E-state index contributed by atoms with van der Waals surface area (Å²) < 4.78 is 5.59. The Kier molecular flexibility index (Phi) is 3.62. The zero-order chi connectivity index (χ0) is 15.7. The molecule has 0 radical (unpaired) electrons. The first-order chi connectivity index (χ1) is 10.5. The number of rotatable bonds is 3. The van der Waals surface area contributed by atoms with Crippen LogP contribution in [0.5, 0.6) is 5.75 Å². The van der Waals surface area contributed by atoms with Crippen molar-refractivity contribution in [3.63, 3.8) is 0 Å². The van der Waals surface area contributed by atoms with E-state index in [1.807, 2.05) is 57.2 Å². The molecular formula is C18H20N2O2. The molecule has 114 valence electrons. The number of nitrogens with one attached hydrogen (secondary N) is 2. The fraction of sp³-hybridized carbons (Fsp3) is 0.278. The van der Waals surface area contributed by atoms with Gasteiger partial charge in [-0.2, -0.15) is 0 Å². The van der Waals surface area contributed by atoms with Crippen molar-refractivity contribution in [2.24, 2.45) is 0 Å². The number of carbonyl (C=O) groups excluding carboxylic acids is 1. The predicted molar refractivity (Wildman–Crippen MR) is 88.5 cm³/mol. The Balaban J connectivity index is 2.14. The van der Waals surface area contributed by atoms with Crippen LogP contribution in [-0.2, 0) is 4.79 Å². The number of carbonyl (C=O) groups is 1. The second-order valence-electron chi connectivity index (χ2n) is 5.93. The van der Waals surface area contributed by atoms with Crippen LogP contribution in [0.25, 0.3) is 16.8 Å². The highest BCUT2D eigenvalue weighted by atomic mass is 16.5. The summed E-state index contributed by atoms with van der Waals surface area (Å²) in [5.74, 6) is 0.761. The zero-order valence-corrected chi connectivity index (χ0v) is 13.1. The molecule has 3 rings (SSSR count). The maximum atomic E-state index is 12.0. The van der Waals surface area contributed by atoms with Crippen LogP contribution in [0.2, 0.25) is 0 Å². The Hall–Kier alpha value is -2.33. The van der Waals surface area contributed by atoms with Gasteiger partial charge in [0.05, 0.1) is 12.1 Å². The number of amides is 1. The highest BCUT2D eigenvalue weighted by Crippen LogP contribution is 2.29. The first kappa shape index (κ1) is 14.6. The minimum absolute atomic E-state index is 0.0806. The summed E-state index contributed by atoms with van der Waals surface area (Å²) in [7, 11) is 0. The number of fused-ring (bicyclic) bond motifs is 1. The van der Waals surface area contributed by atoms with E-state index in [1.54, 1.807) is 0 Å². The van der Waals surface area contributed by atoms with E-state index in [1.165, 1.54) is 0 Å². The van der Waals surface area contributed by atoms with Crippen molar-refractivity contribution < 1.29 is 9.53 Å². The fourth-order valence-electron chi connectivity index (χ4n) is 2.69. The number of hydrogen-bond acceptors (Lipinski definition) is 3. The van der Waals surface area contributed by atoms with Crippen molar-refractivity contribution in [3.05, 3.63) is 47.5 Å². The molecule has 2 aromatic carbocycles. The van der Waals surface area contributed by atoms with Crippen LogP contribution in [-0.4, -0.2) is 18.1 Å². The summed E-state index contributed by atoms with van der Waals surface area (Å²) in [5, 5.41) is 2.21. The van der Waals surface area contributed by atoms with Crippen LogP contribution < -0.4 is 15.6 Å². The molecule has 1 heterocycles. The van der Waals surface area contributed by atoms with Crippen LogP contribution >= 0.6 is 0 Å². The van der Waals surface area contributed by atoms with E-state index in [0.717, 1.165) is 27.7 Å². The van der Waals surface area contributed by atoms with Gasteiger partial charge < -0.3 is 4.74 Å². The molecule has 0 atom stereocenters. The maximum absolute atomic E-state index is 12.0. The summed E-state index contributed by atoms with van der Waals surface area (Å²) in [5.41, 5.74) is 7.03. The SMILES string of the molecule is CCOc1ccc2cccc(/C=C3\C(=O)NNC3(C)C)c2c1. The molecule has 1 aliphatic rings. The molecule has 22 heavy (non-hydrogen) atoms. The standard InChI is InChI=1S/C18H20N2O2/c1-4-22-14-9-8-12-6-5-7-13(15(12)11-14)10-16-17(21)19-20-18(16,2)3/h5-11,20H,4H2,1-3H3,(H,19,21)/b16-10+. The second kappa shape index (κ2) is 5.46. The van der Waals surface area contributed by atoms with Gasteiger partial charge in [0.15, 0.2) is 0 Å². The van der Waals surface area contributed by atoms with E-state index in [9.17, 15) is 4.79 Å². The molecule has 4 nitrogen and oxygen atoms in total. The molecule has 0 bridgehead atoms. The van der Waals surface area contributed by atoms with Crippen molar-refractivity contribution in [1.82, 2.24) is 10.9 Å². The third-order valence-electron chi connectivity index (χ3n) is 3.90. The van der Waals surface area contributed by atoms with Gasteiger partial charge in [0.1, 0.15) is 5.75 Å². The molecule has 2 N–H and O–H groups in total. The third kappa shape index (κ3) is 2.57. The molecule has 1 amide bonds. The van der Waals surface area contributed by atoms with Gasteiger partial charge in [-0.3, -0.25) is 10.2 Å². The Bertz CT molecular complexity index is 763. The first-order valence-electron chi connectivity index (χ1n) is 7.46. The molecule has 1 aliphatic heterocycles. The molecule has 0 spiro atoms. The second-order valence-corrected chi connectivity index (χ2v) is 5.93. The minimum atomic E-state index is -0.392. The lowest BCUT2D eigenvalue weighted by atomic mass is 9.92. The smallest absolute Gasteiger partial charge is 0.263 e. The summed E-state index contributed by atoms with van der Waals surface area (Å²) in [6.07, 6.45) is 1.95. The molecule has 4 heteroatoms. The van der Waals surface area contributed by atoms with Crippen LogP contribution in [0.15, 0.2) is 42.0 Å². The van der Waals surface area contributed by atoms with Gasteiger partial charge in [0.25, 0.3) is 5.91 Å². The van der Waals surface area contributed by atoms with Gasteiger partial charge in [-0.05, 0) is 55.3 Å². The summed E-state index contributed by atoms with van der Waals surface area (Å²) in [6, 6.07) is 12.1. The molecule has 0 aromatic heterocycles. The highest BCUT2D eigenvalue weighted by Gasteiger charge is 2.34. The lowest BCUT2D eigenvalue weighted by molar-refractivity contribution is -0.116. The van der Waals surface area contributed by atoms with Crippen molar-refractivity contribution in [3.8, 4) is 5.75 Å². The van der Waals surface area contributed by atoms with E-state index >= 15 is 0 Å².